The highest BCUT2D eigenvalue weighted by molar-refractivity contribution is 6.25. The van der Waals surface area contributed by atoms with Crippen LogP contribution in [0.25, 0.3) is 99.5 Å². The van der Waals surface area contributed by atoms with Crippen LogP contribution in [0.4, 0.5) is 0 Å². The van der Waals surface area contributed by atoms with Gasteiger partial charge in [-0.05, 0) is 169 Å². The molecule has 9 aromatic carbocycles. The Balaban J connectivity index is 0.917. The zero-order valence-corrected chi connectivity index (χ0v) is 45.8. The number of benzene rings is 9. The van der Waals surface area contributed by atoms with Gasteiger partial charge in [-0.2, -0.15) is 10.5 Å². The van der Waals surface area contributed by atoms with Crippen molar-refractivity contribution in [2.45, 2.75) is 75.0 Å². The summed E-state index contributed by atoms with van der Waals surface area (Å²) < 4.78 is 0. The molecule has 3 aromatic heterocycles. The van der Waals surface area contributed by atoms with Gasteiger partial charge in [-0.15, -0.1) is 0 Å². The minimum atomic E-state index is -0.0843. The fourth-order valence-corrected chi connectivity index (χ4v) is 14.1. The Labute approximate surface area is 479 Å². The molecule has 12 aromatic rings. The highest BCUT2D eigenvalue weighted by atomic mass is 14.7. The van der Waals surface area contributed by atoms with E-state index in [0.717, 1.165) is 94.6 Å². The molecule has 0 radical (unpaired) electrons. The summed E-state index contributed by atoms with van der Waals surface area (Å²) >= 11 is 0. The lowest BCUT2D eigenvalue weighted by molar-refractivity contribution is 0.431. The van der Waals surface area contributed by atoms with Crippen LogP contribution in [0.15, 0.2) is 237 Å². The maximum Gasteiger partial charge on any atom is 0.0991 e. The third kappa shape index (κ3) is 9.39. The van der Waals surface area contributed by atoms with Gasteiger partial charge in [0.15, 0.2) is 0 Å². The fraction of sp³-hybridized carbons (Fsp3) is 0.156. The average molecular weight is 1050 g/mol. The van der Waals surface area contributed by atoms with Crippen LogP contribution in [0.1, 0.15) is 84.7 Å². The van der Waals surface area contributed by atoms with Crippen molar-refractivity contribution in [3.63, 3.8) is 0 Å². The van der Waals surface area contributed by atoms with E-state index in [1.165, 1.54) is 91.4 Å². The minimum absolute atomic E-state index is 0.0843. The van der Waals surface area contributed by atoms with E-state index in [-0.39, 0.29) is 10.8 Å². The topological polar surface area (TPSA) is 86.2 Å². The summed E-state index contributed by atoms with van der Waals surface area (Å²) in [5.74, 6) is 0. The molecule has 0 spiro atoms. The number of nitriles is 2. The molecule has 0 unspecified atom stereocenters. The van der Waals surface area contributed by atoms with Crippen LogP contribution in [0, 0.1) is 22.7 Å². The summed E-state index contributed by atoms with van der Waals surface area (Å²) in [7, 11) is 0. The fourth-order valence-electron chi connectivity index (χ4n) is 14.1. The van der Waals surface area contributed by atoms with Gasteiger partial charge in [-0.25, -0.2) is 0 Å². The summed E-state index contributed by atoms with van der Waals surface area (Å²) in [6.07, 6.45) is 17.2. The molecule has 5 heteroatoms. The van der Waals surface area contributed by atoms with Gasteiger partial charge < -0.3 is 0 Å². The molecule has 3 heterocycles. The van der Waals surface area contributed by atoms with E-state index < -0.39 is 0 Å². The van der Waals surface area contributed by atoms with Crippen LogP contribution in [0.2, 0.25) is 0 Å². The van der Waals surface area contributed by atoms with E-state index in [4.69, 9.17) is 15.0 Å². The summed E-state index contributed by atoms with van der Waals surface area (Å²) in [6, 6.07) is 83.1. The van der Waals surface area contributed by atoms with Crippen molar-refractivity contribution >= 4 is 32.3 Å². The predicted molar refractivity (Wildman–Crippen MR) is 335 cm³/mol. The van der Waals surface area contributed by atoms with Crippen molar-refractivity contribution in [1.29, 1.82) is 10.5 Å². The third-order valence-corrected chi connectivity index (χ3v) is 18.1. The summed E-state index contributed by atoms with van der Waals surface area (Å²) in [4.78, 5) is 15.5. The zero-order chi connectivity index (χ0) is 55.0. The Bertz CT molecular complexity index is 4300. The van der Waals surface area contributed by atoms with Gasteiger partial charge in [0.2, 0.25) is 0 Å². The van der Waals surface area contributed by atoms with Crippen molar-refractivity contribution in [3.05, 3.63) is 270 Å². The molecule has 0 saturated heterocycles. The molecular weight excluding hydrogens is 995 g/mol. The Hall–Kier alpha value is -9.81. The summed E-state index contributed by atoms with van der Waals surface area (Å²) in [5.41, 5.74) is 18.9. The second-order valence-corrected chi connectivity index (χ2v) is 23.0. The standard InChI is InChI=1S/C77H59N5/c78-47-52-16-14-20-58(39-52)73-32-29-61(49-80-73)76(34-10-11-35-76)45-54-38-55(46-77(36-12-13-37-77)62-30-33-74(81-50-62)59-21-15-17-53(40-59)48-79)42-60(41-54)63-22-4-5-23-64(63)72-51-82-75(56-18-2-1-3-19-56)44-70(72)57-28-31-69-67-26-7-6-24-65(67)66-25-8-9-27-68(66)71(69)43-57/h1-9,14-33,38-44,49-51H,10-13,34-37,45-46H2. The largest absolute Gasteiger partial charge is 0.256 e. The van der Waals surface area contributed by atoms with E-state index in [1.807, 2.05) is 48.5 Å². The van der Waals surface area contributed by atoms with Gasteiger partial charge in [0.1, 0.15) is 0 Å². The second kappa shape index (κ2) is 21.3. The first kappa shape index (κ1) is 50.4. The van der Waals surface area contributed by atoms with Crippen LogP contribution in [0.3, 0.4) is 0 Å². The number of rotatable bonds is 12. The number of nitrogens with zero attached hydrogens (tertiary/aromatic N) is 5. The number of pyridine rings is 3. The molecule has 2 aliphatic carbocycles. The van der Waals surface area contributed by atoms with E-state index in [9.17, 15) is 10.5 Å². The normalized spacial score (nSPS) is 14.5. The van der Waals surface area contributed by atoms with E-state index >= 15 is 0 Å². The zero-order valence-electron chi connectivity index (χ0n) is 45.8. The quantitative estimate of drug-likeness (QED) is 0.114. The maximum absolute atomic E-state index is 9.68. The lowest BCUT2D eigenvalue weighted by Crippen LogP contribution is -2.27. The van der Waals surface area contributed by atoms with Gasteiger partial charge in [0.05, 0.1) is 40.3 Å². The van der Waals surface area contributed by atoms with Crippen LogP contribution < -0.4 is 0 Å². The van der Waals surface area contributed by atoms with Gasteiger partial charge >= 0.3 is 0 Å². The predicted octanol–water partition coefficient (Wildman–Crippen LogP) is 19.2. The molecule has 392 valence electrons. The highest BCUT2D eigenvalue weighted by Crippen LogP contribution is 2.49. The van der Waals surface area contributed by atoms with Crippen LogP contribution in [-0.4, -0.2) is 15.0 Å². The summed E-state index contributed by atoms with van der Waals surface area (Å²) in [6.45, 7) is 0. The lowest BCUT2D eigenvalue weighted by atomic mass is 9.72. The van der Waals surface area contributed by atoms with Crippen molar-refractivity contribution in [2.24, 2.45) is 0 Å². The molecule has 14 rings (SSSR count). The first-order valence-electron chi connectivity index (χ1n) is 29.0. The van der Waals surface area contributed by atoms with E-state index in [0.29, 0.717) is 11.1 Å². The minimum Gasteiger partial charge on any atom is -0.256 e. The van der Waals surface area contributed by atoms with E-state index in [2.05, 4.69) is 201 Å². The first-order chi connectivity index (χ1) is 40.4. The van der Waals surface area contributed by atoms with Gasteiger partial charge in [-0.1, -0.05) is 196 Å². The number of hydrogen-bond donors (Lipinski definition) is 0. The molecule has 0 atom stereocenters. The maximum atomic E-state index is 9.68. The SMILES string of the molecule is N#Cc1cccc(-c2ccc(C3(Cc4cc(CC5(c6ccc(-c7cccc(C#N)c7)nc6)CCCC5)cc(-c5ccccc5-c5cnc(-c6ccccc6)cc5-c5ccc6c7ccccc7c7ccccc7c6c5)c4)CCCC3)cn2)c1. The Kier molecular flexibility index (Phi) is 13.1. The number of fused-ring (bicyclic) bond motifs is 6. The Morgan fingerprint density at radius 1 is 0.317 bits per heavy atom. The molecule has 0 bridgehead atoms. The molecule has 2 aliphatic rings. The van der Waals surface area contributed by atoms with Gasteiger partial charge in [0.25, 0.3) is 0 Å². The van der Waals surface area contributed by atoms with Gasteiger partial charge in [0, 0.05) is 51.7 Å². The van der Waals surface area contributed by atoms with Gasteiger partial charge in [-0.3, -0.25) is 15.0 Å². The molecule has 0 aliphatic heterocycles. The van der Waals surface area contributed by atoms with Crippen LogP contribution >= 0.6 is 0 Å². The van der Waals surface area contributed by atoms with Crippen LogP contribution in [0.5, 0.6) is 0 Å². The highest BCUT2D eigenvalue weighted by Gasteiger charge is 2.39. The number of hydrogen-bond acceptors (Lipinski definition) is 5. The Morgan fingerprint density at radius 3 is 1.32 bits per heavy atom. The van der Waals surface area contributed by atoms with Crippen LogP contribution in [-0.2, 0) is 23.7 Å². The summed E-state index contributed by atoms with van der Waals surface area (Å²) in [5, 5.41) is 26.9. The molecule has 2 fully saturated rings. The lowest BCUT2D eigenvalue weighted by Gasteiger charge is -2.32. The third-order valence-electron chi connectivity index (χ3n) is 18.1. The molecular formula is C77H59N5. The second-order valence-electron chi connectivity index (χ2n) is 23.0. The molecule has 5 nitrogen and oxygen atoms in total. The van der Waals surface area contributed by atoms with Crippen molar-refractivity contribution in [1.82, 2.24) is 15.0 Å². The molecule has 0 amide bonds. The van der Waals surface area contributed by atoms with E-state index in [1.54, 1.807) is 0 Å². The van der Waals surface area contributed by atoms with Crippen molar-refractivity contribution in [3.8, 4) is 79.3 Å². The average Bonchev–Trinajstić information content (AvgIpc) is 3.86. The molecule has 2 saturated carbocycles. The molecule has 82 heavy (non-hydrogen) atoms. The monoisotopic (exact) mass is 1050 g/mol. The van der Waals surface area contributed by atoms with Crippen molar-refractivity contribution in [2.75, 3.05) is 0 Å². The molecule has 0 N–H and O–H groups in total. The first-order valence-corrected chi connectivity index (χ1v) is 29.0. The Morgan fingerprint density at radius 2 is 0.793 bits per heavy atom. The smallest absolute Gasteiger partial charge is 0.0991 e. The van der Waals surface area contributed by atoms with Crippen molar-refractivity contribution < 1.29 is 0 Å². The number of aromatic nitrogens is 3.